The van der Waals surface area contributed by atoms with Crippen molar-refractivity contribution in [2.24, 2.45) is 5.92 Å². The Morgan fingerprint density at radius 1 is 1.39 bits per heavy atom. The number of hydrogen-bond acceptors (Lipinski definition) is 7. The number of imidazole rings is 1. The molecule has 0 radical (unpaired) electrons. The highest BCUT2D eigenvalue weighted by molar-refractivity contribution is 5.87. The third kappa shape index (κ3) is 4.63. The molecule has 2 aromatic rings. The number of carbonyl (C=O) groups is 2. The predicted molar refractivity (Wildman–Crippen MR) is 107 cm³/mol. The Morgan fingerprint density at radius 3 is 2.61 bits per heavy atom. The summed E-state index contributed by atoms with van der Waals surface area (Å²) in [5.41, 5.74) is -2.35. The molecule has 0 aromatic carbocycles. The van der Waals surface area contributed by atoms with Crippen LogP contribution in [0, 0.1) is 18.3 Å². The van der Waals surface area contributed by atoms with Gasteiger partial charge in [-0.05, 0) is 0 Å². The Labute approximate surface area is 183 Å². The molecule has 14 heteroatoms. The number of nitrogens with zero attached hydrogens (tertiary/aromatic N) is 3. The van der Waals surface area contributed by atoms with Crippen LogP contribution in [0.5, 0.6) is 0 Å². The Hall–Kier alpha value is -3.60. The van der Waals surface area contributed by atoms with Crippen LogP contribution in [0.15, 0.2) is 9.59 Å². The van der Waals surface area contributed by atoms with E-state index in [2.05, 4.69) is 21.2 Å². The number of rotatable bonds is 5. The molecule has 1 fully saturated rings. The van der Waals surface area contributed by atoms with Crippen LogP contribution in [0.1, 0.15) is 33.4 Å². The van der Waals surface area contributed by atoms with Crippen molar-refractivity contribution in [3.63, 3.8) is 0 Å². The monoisotopic (exact) mass is 471 g/mol. The number of halogens is 3. The molecular weight excluding hydrogens is 451 g/mol. The first-order chi connectivity index (χ1) is 15.3. The smallest absolute Gasteiger partial charge is 0.394 e. The molecule has 0 bridgehead atoms. The number of nitrogens with one attached hydrogen (secondary N) is 2. The number of esters is 1. The van der Waals surface area contributed by atoms with Crippen molar-refractivity contribution < 1.29 is 32.2 Å². The van der Waals surface area contributed by atoms with Gasteiger partial charge in [0.15, 0.2) is 17.4 Å². The van der Waals surface area contributed by atoms with Crippen LogP contribution in [0.2, 0.25) is 0 Å². The summed E-state index contributed by atoms with van der Waals surface area (Å²) in [5, 5.41) is 2.26. The molecule has 0 saturated carbocycles. The summed E-state index contributed by atoms with van der Waals surface area (Å²) in [7, 11) is 0. The largest absolute Gasteiger partial charge is 0.458 e. The van der Waals surface area contributed by atoms with E-state index in [1.54, 1.807) is 0 Å². The van der Waals surface area contributed by atoms with Gasteiger partial charge in [0.25, 0.3) is 5.56 Å². The first-order valence-electron chi connectivity index (χ1n) is 9.70. The molecular formula is C19H20F3N5O6. The molecule has 1 aliphatic heterocycles. The van der Waals surface area contributed by atoms with E-state index in [1.165, 1.54) is 0 Å². The Kier molecular flexibility index (Phi) is 6.37. The summed E-state index contributed by atoms with van der Waals surface area (Å²) >= 11 is 0. The lowest BCUT2D eigenvalue weighted by atomic mass is 10.0. The van der Waals surface area contributed by atoms with E-state index in [4.69, 9.17) is 15.9 Å². The SMILES string of the molecule is C#CCn1c(=O)n([C@@H]2O[C@H]([C@H](C)C(F)(F)F)C[C@H]2OC(C)=O)c2nc(NC(C)=O)[nH]c(=O)c21. The van der Waals surface area contributed by atoms with Crippen LogP contribution in [0.3, 0.4) is 0 Å². The molecule has 2 aromatic heterocycles. The van der Waals surface area contributed by atoms with Gasteiger partial charge >= 0.3 is 17.8 Å². The molecule has 11 nitrogen and oxygen atoms in total. The summed E-state index contributed by atoms with van der Waals surface area (Å²) in [6, 6.07) is 0. The van der Waals surface area contributed by atoms with Gasteiger partial charge in [0.05, 0.1) is 18.6 Å². The minimum absolute atomic E-state index is 0.287. The fraction of sp³-hybridized carbons (Fsp3) is 0.526. The maximum absolute atomic E-state index is 13.3. The summed E-state index contributed by atoms with van der Waals surface area (Å²) in [5.74, 6) is -1.43. The van der Waals surface area contributed by atoms with Gasteiger partial charge in [0.1, 0.15) is 6.10 Å². The van der Waals surface area contributed by atoms with Crippen molar-refractivity contribution in [1.82, 2.24) is 19.1 Å². The second-order valence-electron chi connectivity index (χ2n) is 7.49. The summed E-state index contributed by atoms with van der Waals surface area (Å²) < 4.78 is 52.3. The van der Waals surface area contributed by atoms with Gasteiger partial charge in [-0.25, -0.2) is 9.36 Å². The van der Waals surface area contributed by atoms with Crippen LogP contribution in [0.4, 0.5) is 19.1 Å². The standard InChI is InChI=1S/C19H20F3N5O6/c1-5-6-26-13-14(24-17(23-9(3)28)25-15(13)30)27(18(26)31)16-12(32-10(4)29)7-11(33-16)8(2)19(20,21)22/h1,8,11-12,16H,6-7H2,2-4H3,(H2,23,24,25,28,30)/t8-,11-,12+,16+/m0/s1. The quantitative estimate of drug-likeness (QED) is 0.488. The molecule has 1 amide bonds. The highest BCUT2D eigenvalue weighted by Crippen LogP contribution is 2.40. The number of aromatic nitrogens is 4. The number of ether oxygens (including phenoxy) is 2. The average Bonchev–Trinajstić information content (AvgIpc) is 3.18. The molecule has 1 saturated heterocycles. The average molecular weight is 471 g/mol. The third-order valence-corrected chi connectivity index (χ3v) is 5.10. The number of anilines is 1. The van der Waals surface area contributed by atoms with E-state index in [9.17, 15) is 32.3 Å². The topological polar surface area (TPSA) is 137 Å². The molecule has 0 aliphatic carbocycles. The molecule has 178 valence electrons. The fourth-order valence-electron chi connectivity index (χ4n) is 3.62. The van der Waals surface area contributed by atoms with Crippen molar-refractivity contribution in [2.45, 2.75) is 58.3 Å². The molecule has 0 spiro atoms. The highest BCUT2D eigenvalue weighted by Gasteiger charge is 2.50. The number of H-pyrrole nitrogens is 1. The van der Waals surface area contributed by atoms with Gasteiger partial charge in [-0.2, -0.15) is 18.2 Å². The molecule has 3 heterocycles. The van der Waals surface area contributed by atoms with Gasteiger partial charge in [-0.1, -0.05) is 12.8 Å². The molecule has 3 rings (SSSR count). The second-order valence-corrected chi connectivity index (χ2v) is 7.49. The van der Waals surface area contributed by atoms with E-state index < -0.39 is 53.7 Å². The third-order valence-electron chi connectivity index (χ3n) is 5.10. The fourth-order valence-corrected chi connectivity index (χ4v) is 3.62. The lowest BCUT2D eigenvalue weighted by molar-refractivity contribution is -0.203. The van der Waals surface area contributed by atoms with E-state index in [0.717, 1.165) is 29.9 Å². The maximum atomic E-state index is 13.3. The number of alkyl halides is 3. The summed E-state index contributed by atoms with van der Waals surface area (Å²) in [6.07, 6.45) is -3.94. The minimum Gasteiger partial charge on any atom is -0.458 e. The summed E-state index contributed by atoms with van der Waals surface area (Å²) in [6.45, 7) is 2.75. The number of carbonyl (C=O) groups excluding carboxylic acids is 2. The van der Waals surface area contributed by atoms with E-state index >= 15 is 0 Å². The molecule has 4 atom stereocenters. The number of hydrogen-bond donors (Lipinski definition) is 2. The number of amides is 1. The van der Waals surface area contributed by atoms with Crippen LogP contribution in [0.25, 0.3) is 11.2 Å². The van der Waals surface area contributed by atoms with Gasteiger partial charge < -0.3 is 9.47 Å². The lowest BCUT2D eigenvalue weighted by Crippen LogP contribution is -2.34. The zero-order valence-electron chi connectivity index (χ0n) is 17.7. The number of aromatic amines is 1. The zero-order chi connectivity index (χ0) is 24.7. The van der Waals surface area contributed by atoms with Crippen LogP contribution in [-0.4, -0.2) is 49.4 Å². The second kappa shape index (κ2) is 8.74. The molecule has 1 aliphatic rings. The van der Waals surface area contributed by atoms with Gasteiger partial charge in [0, 0.05) is 20.3 Å². The van der Waals surface area contributed by atoms with Gasteiger partial charge in [0.2, 0.25) is 11.9 Å². The first kappa shape index (κ1) is 24.1. The van der Waals surface area contributed by atoms with Gasteiger partial charge in [-0.15, -0.1) is 6.42 Å². The van der Waals surface area contributed by atoms with Crippen molar-refractivity contribution in [3.8, 4) is 12.3 Å². The van der Waals surface area contributed by atoms with Crippen molar-refractivity contribution in [1.29, 1.82) is 0 Å². The van der Waals surface area contributed by atoms with Crippen LogP contribution in [-0.2, 0) is 25.6 Å². The minimum atomic E-state index is -4.61. The molecule has 33 heavy (non-hydrogen) atoms. The van der Waals surface area contributed by atoms with Crippen LogP contribution < -0.4 is 16.6 Å². The Bertz CT molecular complexity index is 1250. The highest BCUT2D eigenvalue weighted by atomic mass is 19.4. The first-order valence-corrected chi connectivity index (χ1v) is 9.70. The van der Waals surface area contributed by atoms with E-state index in [1.807, 2.05) is 0 Å². The molecule has 0 unspecified atom stereocenters. The normalized spacial score (nSPS) is 21.5. The van der Waals surface area contributed by atoms with E-state index in [-0.39, 0.29) is 30.1 Å². The lowest BCUT2D eigenvalue weighted by Gasteiger charge is -2.22. The summed E-state index contributed by atoms with van der Waals surface area (Å²) in [4.78, 5) is 55.2. The van der Waals surface area contributed by atoms with E-state index in [0.29, 0.717) is 0 Å². The predicted octanol–water partition coefficient (Wildman–Crippen LogP) is 0.895. The Balaban J connectivity index is 2.23. The van der Waals surface area contributed by atoms with Crippen molar-refractivity contribution in [3.05, 3.63) is 20.8 Å². The zero-order valence-corrected chi connectivity index (χ0v) is 17.7. The Morgan fingerprint density at radius 2 is 2.06 bits per heavy atom. The maximum Gasteiger partial charge on any atom is 0.394 e. The van der Waals surface area contributed by atoms with Crippen LogP contribution >= 0.6 is 0 Å². The number of fused-ring (bicyclic) bond motifs is 1. The molecule has 2 N–H and O–H groups in total. The van der Waals surface area contributed by atoms with Gasteiger partial charge in [-0.3, -0.25) is 29.3 Å². The van der Waals surface area contributed by atoms with Crippen molar-refractivity contribution in [2.75, 3.05) is 5.32 Å². The van der Waals surface area contributed by atoms with Crippen molar-refractivity contribution >= 4 is 29.0 Å². The number of terminal acetylenes is 1.